The van der Waals surface area contributed by atoms with Crippen molar-refractivity contribution in [3.63, 3.8) is 0 Å². The molecule has 0 atom stereocenters. The van der Waals surface area contributed by atoms with Crippen molar-refractivity contribution in [2.45, 2.75) is 26.7 Å². The zero-order valence-corrected chi connectivity index (χ0v) is 12.8. The number of carbonyl (C=O) groups excluding carboxylic acids is 1. The van der Waals surface area contributed by atoms with Crippen molar-refractivity contribution < 1.29 is 14.3 Å². The number of aromatic hydroxyl groups is 1. The molecule has 2 rings (SSSR count). The van der Waals surface area contributed by atoms with Crippen molar-refractivity contribution in [2.24, 2.45) is 0 Å². The predicted molar refractivity (Wildman–Crippen MR) is 85.5 cm³/mol. The van der Waals surface area contributed by atoms with Gasteiger partial charge in [0.1, 0.15) is 11.6 Å². The number of hydrogen-bond donors (Lipinski definition) is 2. The van der Waals surface area contributed by atoms with Crippen LogP contribution < -0.4 is 5.32 Å². The molecule has 22 heavy (non-hydrogen) atoms. The summed E-state index contributed by atoms with van der Waals surface area (Å²) in [6.45, 7) is 4.40. The second kappa shape index (κ2) is 7.07. The van der Waals surface area contributed by atoms with Crippen LogP contribution in [0.15, 0.2) is 36.4 Å². The molecule has 0 fully saturated rings. The highest BCUT2D eigenvalue weighted by Crippen LogP contribution is 2.28. The van der Waals surface area contributed by atoms with Gasteiger partial charge in [0.2, 0.25) is 0 Å². The Kier molecular flexibility index (Phi) is 5.15. The molecular formula is C18H20FNO2. The molecule has 0 aromatic heterocycles. The lowest BCUT2D eigenvalue weighted by Gasteiger charge is -2.10. The van der Waals surface area contributed by atoms with Crippen LogP contribution in [0.2, 0.25) is 0 Å². The molecule has 2 aromatic carbocycles. The molecule has 3 nitrogen and oxygen atoms in total. The van der Waals surface area contributed by atoms with Gasteiger partial charge in [-0.1, -0.05) is 31.5 Å². The maximum Gasteiger partial charge on any atom is 0.255 e. The van der Waals surface area contributed by atoms with Crippen molar-refractivity contribution in [3.05, 3.63) is 53.3 Å². The van der Waals surface area contributed by atoms with E-state index >= 15 is 0 Å². The number of phenolic OH excluding ortho intramolecular Hbond substituents is 1. The fourth-order valence-corrected chi connectivity index (χ4v) is 2.21. The summed E-state index contributed by atoms with van der Waals surface area (Å²) < 4.78 is 14.1. The van der Waals surface area contributed by atoms with Gasteiger partial charge < -0.3 is 10.4 Å². The predicted octanol–water partition coefficient (Wildman–Crippen LogP) is 4.04. The summed E-state index contributed by atoms with van der Waals surface area (Å²) in [5.41, 5.74) is 1.97. The van der Waals surface area contributed by atoms with E-state index < -0.39 is 0 Å². The molecule has 2 aromatic rings. The molecule has 0 saturated carbocycles. The SMILES string of the molecule is CCCCNC(=O)c1cc(-c2ccc(C)cc2F)ccc1O. The minimum atomic E-state index is -0.347. The fraction of sp³-hybridized carbons (Fsp3) is 0.278. The van der Waals surface area contributed by atoms with Crippen molar-refractivity contribution in [1.29, 1.82) is 0 Å². The van der Waals surface area contributed by atoms with Gasteiger partial charge in [-0.05, 0) is 42.7 Å². The zero-order chi connectivity index (χ0) is 16.1. The summed E-state index contributed by atoms with van der Waals surface area (Å²) in [6, 6.07) is 9.48. The first-order valence-electron chi connectivity index (χ1n) is 7.40. The molecule has 4 heteroatoms. The van der Waals surface area contributed by atoms with Gasteiger partial charge in [-0.3, -0.25) is 4.79 Å². The van der Waals surface area contributed by atoms with Crippen LogP contribution in [-0.4, -0.2) is 17.6 Å². The van der Waals surface area contributed by atoms with Crippen molar-refractivity contribution in [2.75, 3.05) is 6.54 Å². The third-order valence-electron chi connectivity index (χ3n) is 3.49. The summed E-state index contributed by atoms with van der Waals surface area (Å²) >= 11 is 0. The first-order valence-corrected chi connectivity index (χ1v) is 7.40. The Balaban J connectivity index is 2.32. The molecule has 1 amide bonds. The second-order valence-electron chi connectivity index (χ2n) is 5.32. The Labute approximate surface area is 129 Å². The number of hydrogen-bond acceptors (Lipinski definition) is 2. The smallest absolute Gasteiger partial charge is 0.255 e. The van der Waals surface area contributed by atoms with E-state index in [1.807, 2.05) is 19.9 Å². The lowest BCUT2D eigenvalue weighted by Crippen LogP contribution is -2.24. The molecular weight excluding hydrogens is 281 g/mol. The Morgan fingerprint density at radius 3 is 2.68 bits per heavy atom. The van der Waals surface area contributed by atoms with Crippen LogP contribution in [0.5, 0.6) is 5.75 Å². The third-order valence-corrected chi connectivity index (χ3v) is 3.49. The minimum Gasteiger partial charge on any atom is -0.507 e. The first-order chi connectivity index (χ1) is 10.5. The minimum absolute atomic E-state index is 0.106. The quantitative estimate of drug-likeness (QED) is 0.819. The maximum absolute atomic E-state index is 14.1. The number of unbranched alkanes of at least 4 members (excludes halogenated alkanes) is 1. The highest BCUT2D eigenvalue weighted by Gasteiger charge is 2.14. The lowest BCUT2D eigenvalue weighted by atomic mass is 10.0. The van der Waals surface area contributed by atoms with E-state index in [0.717, 1.165) is 18.4 Å². The standard InChI is InChI=1S/C18H20FNO2/c1-3-4-9-20-18(22)15-11-13(6-8-17(15)21)14-7-5-12(2)10-16(14)19/h5-8,10-11,21H,3-4,9H2,1-2H3,(H,20,22). The van der Waals surface area contributed by atoms with Crippen LogP contribution in [0.3, 0.4) is 0 Å². The summed E-state index contributed by atoms with van der Waals surface area (Å²) in [5, 5.41) is 12.6. The molecule has 0 radical (unpaired) electrons. The molecule has 0 aliphatic heterocycles. The Morgan fingerprint density at radius 1 is 1.23 bits per heavy atom. The van der Waals surface area contributed by atoms with Gasteiger partial charge in [-0.2, -0.15) is 0 Å². The van der Waals surface area contributed by atoms with Crippen LogP contribution in [0.25, 0.3) is 11.1 Å². The maximum atomic E-state index is 14.1. The number of aryl methyl sites for hydroxylation is 1. The second-order valence-corrected chi connectivity index (χ2v) is 5.32. The fourth-order valence-electron chi connectivity index (χ4n) is 2.21. The molecule has 0 saturated heterocycles. The number of rotatable bonds is 5. The monoisotopic (exact) mass is 301 g/mol. The number of phenols is 1. The van der Waals surface area contributed by atoms with Crippen molar-refractivity contribution in [1.82, 2.24) is 5.32 Å². The van der Waals surface area contributed by atoms with Crippen LogP contribution >= 0.6 is 0 Å². The van der Waals surface area contributed by atoms with Gasteiger partial charge in [0.15, 0.2) is 0 Å². The summed E-state index contributed by atoms with van der Waals surface area (Å²) in [5.74, 6) is -0.798. The number of nitrogens with one attached hydrogen (secondary N) is 1. The largest absolute Gasteiger partial charge is 0.507 e. The van der Waals surface area contributed by atoms with Crippen molar-refractivity contribution >= 4 is 5.91 Å². The summed E-state index contributed by atoms with van der Waals surface area (Å²) in [4.78, 5) is 12.1. The van der Waals surface area contributed by atoms with Crippen LogP contribution in [-0.2, 0) is 0 Å². The number of carbonyl (C=O) groups is 1. The van der Waals surface area contributed by atoms with E-state index in [0.29, 0.717) is 17.7 Å². The zero-order valence-electron chi connectivity index (χ0n) is 12.8. The molecule has 116 valence electrons. The molecule has 0 heterocycles. The van der Waals surface area contributed by atoms with Crippen LogP contribution in [0.4, 0.5) is 4.39 Å². The highest BCUT2D eigenvalue weighted by molar-refractivity contribution is 5.98. The van der Waals surface area contributed by atoms with Gasteiger partial charge >= 0.3 is 0 Å². The van der Waals surface area contributed by atoms with Gasteiger partial charge in [-0.25, -0.2) is 4.39 Å². The molecule has 0 aliphatic rings. The summed E-state index contributed by atoms with van der Waals surface area (Å²) in [7, 11) is 0. The highest BCUT2D eigenvalue weighted by atomic mass is 19.1. The van der Waals surface area contributed by atoms with Crippen LogP contribution in [0.1, 0.15) is 35.7 Å². The van der Waals surface area contributed by atoms with E-state index in [1.165, 1.54) is 18.2 Å². The number of amides is 1. The van der Waals surface area contributed by atoms with E-state index in [9.17, 15) is 14.3 Å². The molecule has 0 unspecified atom stereocenters. The topological polar surface area (TPSA) is 49.3 Å². The Bertz CT molecular complexity index is 683. The third kappa shape index (κ3) is 3.64. The van der Waals surface area contributed by atoms with Crippen LogP contribution in [0, 0.1) is 12.7 Å². The molecule has 0 bridgehead atoms. The summed E-state index contributed by atoms with van der Waals surface area (Å²) in [6.07, 6.45) is 1.85. The van der Waals surface area contributed by atoms with E-state index in [-0.39, 0.29) is 23.0 Å². The average Bonchev–Trinajstić information content (AvgIpc) is 2.48. The van der Waals surface area contributed by atoms with Crippen molar-refractivity contribution in [3.8, 4) is 16.9 Å². The first kappa shape index (κ1) is 16.0. The Hall–Kier alpha value is -2.36. The van der Waals surface area contributed by atoms with Gasteiger partial charge in [-0.15, -0.1) is 0 Å². The van der Waals surface area contributed by atoms with Gasteiger partial charge in [0, 0.05) is 12.1 Å². The van der Waals surface area contributed by atoms with Gasteiger partial charge in [0.05, 0.1) is 5.56 Å². The normalized spacial score (nSPS) is 10.5. The average molecular weight is 301 g/mol. The number of halogens is 1. The lowest BCUT2D eigenvalue weighted by molar-refractivity contribution is 0.0950. The number of benzene rings is 2. The molecule has 2 N–H and O–H groups in total. The van der Waals surface area contributed by atoms with E-state index in [1.54, 1.807) is 12.1 Å². The van der Waals surface area contributed by atoms with Gasteiger partial charge in [0.25, 0.3) is 5.91 Å². The Morgan fingerprint density at radius 2 is 2.00 bits per heavy atom. The van der Waals surface area contributed by atoms with E-state index in [2.05, 4.69) is 5.32 Å². The van der Waals surface area contributed by atoms with E-state index in [4.69, 9.17) is 0 Å². The molecule has 0 aliphatic carbocycles. The molecule has 0 spiro atoms.